The lowest BCUT2D eigenvalue weighted by Crippen LogP contribution is -1.94. The fourth-order valence-electron chi connectivity index (χ4n) is 2.13. The first kappa shape index (κ1) is 12.3. The molecule has 0 amide bonds. The lowest BCUT2D eigenvalue weighted by Gasteiger charge is -2.04. The first-order chi connectivity index (χ1) is 9.06. The predicted octanol–water partition coefficient (Wildman–Crippen LogP) is 4.20. The Morgan fingerprint density at radius 1 is 1.11 bits per heavy atom. The first-order valence-electron chi connectivity index (χ1n) is 5.76. The summed E-state index contributed by atoms with van der Waals surface area (Å²) in [6, 6.07) is 9.29. The van der Waals surface area contributed by atoms with Crippen molar-refractivity contribution in [1.82, 2.24) is 9.38 Å². The third-order valence-electron chi connectivity index (χ3n) is 3.06. The SMILES string of the molecule is Cc1cc(Cl)ccc1-c1nc2ccc(Cl)cn2c1N. The van der Waals surface area contributed by atoms with Crippen LogP contribution in [0.15, 0.2) is 36.5 Å². The number of hydrogen-bond donors (Lipinski definition) is 1. The van der Waals surface area contributed by atoms with Gasteiger partial charge in [0.05, 0.1) is 5.02 Å². The number of nitrogens with zero attached hydrogens (tertiary/aromatic N) is 2. The largest absolute Gasteiger partial charge is 0.383 e. The third kappa shape index (κ3) is 2.05. The van der Waals surface area contributed by atoms with Crippen LogP contribution in [0.4, 0.5) is 5.82 Å². The van der Waals surface area contributed by atoms with Crippen molar-refractivity contribution < 1.29 is 0 Å². The molecule has 3 nitrogen and oxygen atoms in total. The minimum absolute atomic E-state index is 0.572. The van der Waals surface area contributed by atoms with Gasteiger partial charge in [-0.05, 0) is 36.8 Å². The lowest BCUT2D eigenvalue weighted by atomic mass is 10.1. The Hall–Kier alpha value is -1.71. The number of aryl methyl sites for hydroxylation is 1. The van der Waals surface area contributed by atoms with Gasteiger partial charge in [0.25, 0.3) is 0 Å². The monoisotopic (exact) mass is 291 g/mol. The number of nitrogen functional groups attached to an aromatic ring is 1. The van der Waals surface area contributed by atoms with Gasteiger partial charge in [-0.2, -0.15) is 0 Å². The second-order valence-corrected chi connectivity index (χ2v) is 5.25. The summed E-state index contributed by atoms with van der Waals surface area (Å²) < 4.78 is 1.78. The van der Waals surface area contributed by atoms with E-state index in [-0.39, 0.29) is 0 Å². The second-order valence-electron chi connectivity index (χ2n) is 4.38. The van der Waals surface area contributed by atoms with E-state index in [9.17, 15) is 0 Å². The van der Waals surface area contributed by atoms with Gasteiger partial charge in [0.1, 0.15) is 17.2 Å². The van der Waals surface area contributed by atoms with Crippen molar-refractivity contribution in [3.8, 4) is 11.3 Å². The second kappa shape index (κ2) is 4.44. The van der Waals surface area contributed by atoms with Crippen LogP contribution in [0.5, 0.6) is 0 Å². The van der Waals surface area contributed by atoms with Crippen LogP contribution in [0.1, 0.15) is 5.56 Å². The number of benzene rings is 1. The summed E-state index contributed by atoms with van der Waals surface area (Å²) >= 11 is 11.9. The van der Waals surface area contributed by atoms with Gasteiger partial charge >= 0.3 is 0 Å². The third-order valence-corrected chi connectivity index (χ3v) is 3.52. The molecule has 2 aromatic heterocycles. The molecule has 0 spiro atoms. The van der Waals surface area contributed by atoms with Crippen molar-refractivity contribution >= 4 is 34.7 Å². The molecule has 3 aromatic rings. The number of nitrogens with two attached hydrogens (primary N) is 1. The van der Waals surface area contributed by atoms with Gasteiger partial charge in [0.2, 0.25) is 0 Å². The van der Waals surface area contributed by atoms with Crippen molar-refractivity contribution in [3.05, 3.63) is 52.1 Å². The highest BCUT2D eigenvalue weighted by atomic mass is 35.5. The van der Waals surface area contributed by atoms with E-state index in [0.717, 1.165) is 22.5 Å². The zero-order chi connectivity index (χ0) is 13.6. The van der Waals surface area contributed by atoms with Crippen molar-refractivity contribution in [1.29, 1.82) is 0 Å². The van der Waals surface area contributed by atoms with E-state index >= 15 is 0 Å². The number of imidazole rings is 1. The van der Waals surface area contributed by atoms with Crippen LogP contribution in [0.25, 0.3) is 16.9 Å². The zero-order valence-electron chi connectivity index (χ0n) is 10.2. The van der Waals surface area contributed by atoms with Gasteiger partial charge in [-0.25, -0.2) is 4.98 Å². The highest BCUT2D eigenvalue weighted by Gasteiger charge is 2.13. The highest BCUT2D eigenvalue weighted by molar-refractivity contribution is 6.31. The van der Waals surface area contributed by atoms with E-state index in [4.69, 9.17) is 28.9 Å². The Labute approximate surface area is 120 Å². The van der Waals surface area contributed by atoms with Crippen LogP contribution in [0.3, 0.4) is 0 Å². The van der Waals surface area contributed by atoms with Gasteiger partial charge in [-0.15, -0.1) is 0 Å². The lowest BCUT2D eigenvalue weighted by molar-refractivity contribution is 1.20. The summed E-state index contributed by atoms with van der Waals surface area (Å²) in [6.45, 7) is 1.98. The number of anilines is 1. The maximum atomic E-state index is 6.16. The molecular formula is C14H11Cl2N3. The van der Waals surface area contributed by atoms with E-state index in [1.807, 2.05) is 31.2 Å². The molecule has 5 heteroatoms. The minimum Gasteiger partial charge on any atom is -0.383 e. The van der Waals surface area contributed by atoms with Crippen molar-refractivity contribution in [3.63, 3.8) is 0 Å². The molecule has 0 fully saturated rings. The normalized spacial score (nSPS) is 11.1. The van der Waals surface area contributed by atoms with Crippen molar-refractivity contribution in [2.75, 3.05) is 5.73 Å². The highest BCUT2D eigenvalue weighted by Crippen LogP contribution is 2.31. The van der Waals surface area contributed by atoms with E-state index in [0.29, 0.717) is 15.9 Å². The van der Waals surface area contributed by atoms with E-state index in [1.54, 1.807) is 16.7 Å². The van der Waals surface area contributed by atoms with E-state index in [1.165, 1.54) is 0 Å². The van der Waals surface area contributed by atoms with Gasteiger partial charge < -0.3 is 5.73 Å². The number of aromatic nitrogens is 2. The standard InChI is InChI=1S/C14H11Cl2N3/c1-8-6-9(15)2-4-11(8)13-14(17)19-7-10(16)3-5-12(19)18-13/h2-7H,17H2,1H3. The Balaban J connectivity index is 2.28. The summed E-state index contributed by atoms with van der Waals surface area (Å²) in [5, 5.41) is 1.32. The van der Waals surface area contributed by atoms with Crippen LogP contribution < -0.4 is 5.73 Å². The molecular weight excluding hydrogens is 281 g/mol. The quantitative estimate of drug-likeness (QED) is 0.730. The predicted molar refractivity (Wildman–Crippen MR) is 79.8 cm³/mol. The van der Waals surface area contributed by atoms with Crippen molar-refractivity contribution in [2.45, 2.75) is 6.92 Å². The van der Waals surface area contributed by atoms with Crippen molar-refractivity contribution in [2.24, 2.45) is 0 Å². The summed E-state index contributed by atoms with van der Waals surface area (Å²) in [5.74, 6) is 0.572. The van der Waals surface area contributed by atoms with Crippen LogP contribution >= 0.6 is 23.2 Å². The van der Waals surface area contributed by atoms with Crippen LogP contribution in [-0.4, -0.2) is 9.38 Å². The molecule has 0 aliphatic rings. The molecule has 2 heterocycles. The average molecular weight is 292 g/mol. The first-order valence-corrected chi connectivity index (χ1v) is 6.51. The molecule has 3 rings (SSSR count). The fraction of sp³-hybridized carbons (Fsp3) is 0.0714. The summed E-state index contributed by atoms with van der Waals surface area (Å²) in [6.07, 6.45) is 1.76. The number of rotatable bonds is 1. The fourth-order valence-corrected chi connectivity index (χ4v) is 2.52. The Morgan fingerprint density at radius 3 is 2.58 bits per heavy atom. The molecule has 19 heavy (non-hydrogen) atoms. The Morgan fingerprint density at radius 2 is 1.84 bits per heavy atom. The molecule has 0 aliphatic heterocycles. The number of halogens is 2. The molecule has 0 saturated heterocycles. The smallest absolute Gasteiger partial charge is 0.139 e. The minimum atomic E-state index is 0.572. The molecule has 0 atom stereocenters. The molecule has 2 N–H and O–H groups in total. The molecule has 96 valence electrons. The maximum absolute atomic E-state index is 6.16. The summed E-state index contributed by atoms with van der Waals surface area (Å²) in [7, 11) is 0. The van der Waals surface area contributed by atoms with Gasteiger partial charge in [0, 0.05) is 16.8 Å². The topological polar surface area (TPSA) is 43.3 Å². The van der Waals surface area contributed by atoms with Gasteiger partial charge in [-0.1, -0.05) is 29.3 Å². The zero-order valence-corrected chi connectivity index (χ0v) is 11.7. The number of hydrogen-bond acceptors (Lipinski definition) is 2. The molecule has 0 aliphatic carbocycles. The molecule has 1 aromatic carbocycles. The summed E-state index contributed by atoms with van der Waals surface area (Å²) in [4.78, 5) is 4.55. The van der Waals surface area contributed by atoms with Gasteiger partial charge in [0.15, 0.2) is 0 Å². The van der Waals surface area contributed by atoms with Gasteiger partial charge in [-0.3, -0.25) is 4.40 Å². The molecule has 0 bridgehead atoms. The molecule has 0 unspecified atom stereocenters. The summed E-state index contributed by atoms with van der Waals surface area (Å²) in [5.41, 5.74) is 9.68. The van der Waals surface area contributed by atoms with Crippen LogP contribution in [0, 0.1) is 6.92 Å². The Kier molecular flexibility index (Phi) is 2.88. The maximum Gasteiger partial charge on any atom is 0.139 e. The molecule has 0 saturated carbocycles. The number of pyridine rings is 1. The molecule has 0 radical (unpaired) electrons. The number of fused-ring (bicyclic) bond motifs is 1. The van der Waals surface area contributed by atoms with Crippen LogP contribution in [0.2, 0.25) is 10.0 Å². The average Bonchev–Trinajstić information content (AvgIpc) is 2.67. The van der Waals surface area contributed by atoms with E-state index < -0.39 is 0 Å². The van der Waals surface area contributed by atoms with E-state index in [2.05, 4.69) is 4.98 Å². The van der Waals surface area contributed by atoms with Crippen LogP contribution in [-0.2, 0) is 0 Å². The Bertz CT molecular complexity index is 778.